The van der Waals surface area contributed by atoms with Crippen molar-refractivity contribution in [1.29, 1.82) is 0 Å². The number of likely N-dealkylation sites (tertiary alicyclic amines) is 1. The number of rotatable bonds is 6. The molecule has 1 fully saturated rings. The summed E-state index contributed by atoms with van der Waals surface area (Å²) in [6, 6.07) is 13.1. The third-order valence-corrected chi connectivity index (χ3v) is 5.20. The van der Waals surface area contributed by atoms with Gasteiger partial charge in [-0.15, -0.1) is 11.3 Å². The second kappa shape index (κ2) is 8.85. The van der Waals surface area contributed by atoms with Gasteiger partial charge in [0, 0.05) is 25.0 Å². The van der Waals surface area contributed by atoms with Crippen LogP contribution in [0.1, 0.15) is 28.8 Å². The molecule has 3 rings (SSSR count). The second-order valence-electron chi connectivity index (χ2n) is 6.16. The fourth-order valence-corrected chi connectivity index (χ4v) is 3.60. The van der Waals surface area contributed by atoms with Crippen molar-refractivity contribution in [3.8, 4) is 0 Å². The highest BCUT2D eigenvalue weighted by Crippen LogP contribution is 2.13. The Morgan fingerprint density at radius 2 is 1.75 bits per heavy atom. The van der Waals surface area contributed by atoms with Crippen LogP contribution in [0.3, 0.4) is 0 Å². The zero-order chi connectivity index (χ0) is 16.6. The molecule has 2 aromatic rings. The SMILES string of the molecule is CN=C(NCc1ccc(CN2CCCC2)cc1)NCc1cccs1. The van der Waals surface area contributed by atoms with Crippen molar-refractivity contribution in [3.63, 3.8) is 0 Å². The molecule has 0 radical (unpaired) electrons. The summed E-state index contributed by atoms with van der Waals surface area (Å²) in [7, 11) is 1.81. The average molecular weight is 343 g/mol. The molecule has 2 heterocycles. The maximum Gasteiger partial charge on any atom is 0.191 e. The van der Waals surface area contributed by atoms with E-state index in [2.05, 4.69) is 62.3 Å². The lowest BCUT2D eigenvalue weighted by molar-refractivity contribution is 0.331. The van der Waals surface area contributed by atoms with E-state index < -0.39 is 0 Å². The molecule has 1 aromatic heterocycles. The monoisotopic (exact) mass is 342 g/mol. The number of nitrogens with zero attached hydrogens (tertiary/aromatic N) is 2. The van der Waals surface area contributed by atoms with E-state index in [1.54, 1.807) is 11.3 Å². The predicted molar refractivity (Wildman–Crippen MR) is 102 cm³/mol. The van der Waals surface area contributed by atoms with Gasteiger partial charge >= 0.3 is 0 Å². The van der Waals surface area contributed by atoms with Gasteiger partial charge in [-0.2, -0.15) is 0 Å². The molecule has 0 spiro atoms. The molecule has 1 aromatic carbocycles. The second-order valence-corrected chi connectivity index (χ2v) is 7.19. The molecule has 1 saturated heterocycles. The lowest BCUT2D eigenvalue weighted by Gasteiger charge is -2.15. The Morgan fingerprint density at radius 1 is 1.04 bits per heavy atom. The molecule has 0 amide bonds. The minimum atomic E-state index is 0.786. The van der Waals surface area contributed by atoms with Crippen LogP contribution in [0.25, 0.3) is 0 Å². The average Bonchev–Trinajstić information content (AvgIpc) is 3.30. The van der Waals surface area contributed by atoms with Crippen LogP contribution in [0, 0.1) is 0 Å². The molecule has 0 aliphatic carbocycles. The summed E-state index contributed by atoms with van der Waals surface area (Å²) in [5.74, 6) is 0.838. The molecule has 0 bridgehead atoms. The number of nitrogens with one attached hydrogen (secondary N) is 2. The largest absolute Gasteiger partial charge is 0.352 e. The van der Waals surface area contributed by atoms with Gasteiger partial charge in [-0.3, -0.25) is 9.89 Å². The van der Waals surface area contributed by atoms with Crippen molar-refractivity contribution in [2.24, 2.45) is 4.99 Å². The fraction of sp³-hybridized carbons (Fsp3) is 0.421. The minimum Gasteiger partial charge on any atom is -0.352 e. The standard InChI is InChI=1S/C19H26N4S/c1-20-19(22-14-18-5-4-12-24-18)21-13-16-6-8-17(9-7-16)15-23-10-2-3-11-23/h4-9,12H,2-3,10-11,13-15H2,1H3,(H2,20,21,22). The molecule has 0 unspecified atom stereocenters. The molecule has 1 aliphatic heterocycles. The normalized spacial score (nSPS) is 15.6. The highest BCUT2D eigenvalue weighted by atomic mass is 32.1. The summed E-state index contributed by atoms with van der Waals surface area (Å²) in [5, 5.41) is 8.81. The highest BCUT2D eigenvalue weighted by molar-refractivity contribution is 7.09. The van der Waals surface area contributed by atoms with Crippen molar-refractivity contribution < 1.29 is 0 Å². The van der Waals surface area contributed by atoms with Crippen molar-refractivity contribution in [2.75, 3.05) is 20.1 Å². The van der Waals surface area contributed by atoms with E-state index >= 15 is 0 Å². The lowest BCUT2D eigenvalue weighted by atomic mass is 10.1. The lowest BCUT2D eigenvalue weighted by Crippen LogP contribution is -2.36. The molecule has 2 N–H and O–H groups in total. The number of guanidine groups is 1. The first-order valence-electron chi connectivity index (χ1n) is 8.60. The van der Waals surface area contributed by atoms with E-state index in [1.165, 1.54) is 41.9 Å². The number of hydrogen-bond acceptors (Lipinski definition) is 3. The highest BCUT2D eigenvalue weighted by Gasteiger charge is 2.11. The van der Waals surface area contributed by atoms with Gasteiger partial charge in [0.05, 0.1) is 6.54 Å². The molecule has 4 nitrogen and oxygen atoms in total. The quantitative estimate of drug-likeness (QED) is 0.625. The van der Waals surface area contributed by atoms with Gasteiger partial charge in [0.1, 0.15) is 0 Å². The molecular weight excluding hydrogens is 316 g/mol. The summed E-state index contributed by atoms with van der Waals surface area (Å²) < 4.78 is 0. The number of aliphatic imine (C=N–C) groups is 1. The van der Waals surface area contributed by atoms with Crippen molar-refractivity contribution in [2.45, 2.75) is 32.5 Å². The fourth-order valence-electron chi connectivity index (χ4n) is 2.95. The number of benzene rings is 1. The summed E-state index contributed by atoms with van der Waals surface area (Å²) in [4.78, 5) is 8.12. The van der Waals surface area contributed by atoms with Gasteiger partial charge in [0.15, 0.2) is 5.96 Å². The van der Waals surface area contributed by atoms with Gasteiger partial charge in [-0.05, 0) is 48.5 Å². The summed E-state index contributed by atoms with van der Waals surface area (Å²) >= 11 is 1.76. The molecule has 0 saturated carbocycles. The van der Waals surface area contributed by atoms with Crippen LogP contribution in [0.2, 0.25) is 0 Å². The van der Waals surface area contributed by atoms with E-state index in [0.29, 0.717) is 0 Å². The first kappa shape index (κ1) is 17.0. The number of hydrogen-bond donors (Lipinski definition) is 2. The molecule has 1 aliphatic rings. The van der Waals surface area contributed by atoms with Crippen LogP contribution in [0.15, 0.2) is 46.8 Å². The summed E-state index contributed by atoms with van der Waals surface area (Å²) in [6.45, 7) is 5.17. The van der Waals surface area contributed by atoms with Gasteiger partial charge in [-0.25, -0.2) is 0 Å². The van der Waals surface area contributed by atoms with Crippen molar-refractivity contribution >= 4 is 17.3 Å². The van der Waals surface area contributed by atoms with E-state index in [0.717, 1.165) is 25.6 Å². The topological polar surface area (TPSA) is 39.7 Å². The van der Waals surface area contributed by atoms with Gasteiger partial charge in [-0.1, -0.05) is 30.3 Å². The van der Waals surface area contributed by atoms with Gasteiger partial charge < -0.3 is 10.6 Å². The predicted octanol–water partition coefficient (Wildman–Crippen LogP) is 3.21. The molecule has 0 atom stereocenters. The Balaban J connectivity index is 1.44. The van der Waals surface area contributed by atoms with Crippen LogP contribution >= 0.6 is 11.3 Å². The maximum atomic E-state index is 4.28. The Hall–Kier alpha value is -1.85. The van der Waals surface area contributed by atoms with E-state index in [-0.39, 0.29) is 0 Å². The van der Waals surface area contributed by atoms with E-state index in [4.69, 9.17) is 0 Å². The molecular formula is C19H26N4S. The molecule has 128 valence electrons. The van der Waals surface area contributed by atoms with E-state index in [1.807, 2.05) is 7.05 Å². The molecule has 5 heteroatoms. The summed E-state index contributed by atoms with van der Waals surface area (Å²) in [6.07, 6.45) is 2.69. The Bertz CT molecular complexity index is 628. The Kier molecular flexibility index (Phi) is 6.26. The van der Waals surface area contributed by atoms with Crippen LogP contribution < -0.4 is 10.6 Å². The van der Waals surface area contributed by atoms with E-state index in [9.17, 15) is 0 Å². The first-order chi connectivity index (χ1) is 11.8. The number of thiophene rings is 1. The van der Waals surface area contributed by atoms with Crippen LogP contribution in [0.4, 0.5) is 0 Å². The van der Waals surface area contributed by atoms with Crippen molar-refractivity contribution in [1.82, 2.24) is 15.5 Å². The zero-order valence-corrected chi connectivity index (χ0v) is 15.1. The first-order valence-corrected chi connectivity index (χ1v) is 9.48. The van der Waals surface area contributed by atoms with Crippen molar-refractivity contribution in [3.05, 3.63) is 57.8 Å². The third-order valence-electron chi connectivity index (χ3n) is 4.32. The van der Waals surface area contributed by atoms with Gasteiger partial charge in [0.25, 0.3) is 0 Å². The van der Waals surface area contributed by atoms with Gasteiger partial charge in [0.2, 0.25) is 0 Å². The van der Waals surface area contributed by atoms with Crippen LogP contribution in [-0.2, 0) is 19.6 Å². The smallest absolute Gasteiger partial charge is 0.191 e. The summed E-state index contributed by atoms with van der Waals surface area (Å²) in [5.41, 5.74) is 2.68. The van der Waals surface area contributed by atoms with Crippen LogP contribution in [0.5, 0.6) is 0 Å². The zero-order valence-electron chi connectivity index (χ0n) is 14.3. The maximum absolute atomic E-state index is 4.28. The minimum absolute atomic E-state index is 0.786. The van der Waals surface area contributed by atoms with Crippen LogP contribution in [-0.4, -0.2) is 31.0 Å². The Labute approximate surface area is 148 Å². The Morgan fingerprint density at radius 3 is 2.42 bits per heavy atom. The molecule has 24 heavy (non-hydrogen) atoms. The third kappa shape index (κ3) is 5.08.